The molecule has 63 heavy (non-hydrogen) atoms. The van der Waals surface area contributed by atoms with Crippen LogP contribution in [-0.2, 0) is 5.41 Å². The summed E-state index contributed by atoms with van der Waals surface area (Å²) in [6, 6.07) is 68.8. The molecule has 0 N–H and O–H groups in total. The van der Waals surface area contributed by atoms with E-state index >= 15 is 0 Å². The monoisotopic (exact) mass is 806 g/mol. The zero-order chi connectivity index (χ0) is 41.8. The van der Waals surface area contributed by atoms with Gasteiger partial charge in [-0.1, -0.05) is 166 Å². The molecule has 1 aliphatic rings. The van der Waals surface area contributed by atoms with Crippen molar-refractivity contribution < 1.29 is 8.83 Å². The van der Waals surface area contributed by atoms with Gasteiger partial charge in [0.25, 0.3) is 0 Å². The quantitative estimate of drug-likeness (QED) is 0.174. The Kier molecular flexibility index (Phi) is 7.62. The van der Waals surface area contributed by atoms with Crippen molar-refractivity contribution in [2.24, 2.45) is 0 Å². The standard InChI is InChI=1S/C59H38N2O2/c1-59(2)48-23-12-21-40(56(48)46-30-38-16-6-7-17-39(38)31-49(46)59)35-26-28-36(29-27-35)50-34-51(61-58(60-50)37-14-4-3-5-15-37)42-19-9-8-18-41(42)44-22-13-25-53-57(44)47-33-54-45(32-55(47)63-53)43-20-10-11-24-52(43)62-54/h3-34H,1-2H3. The van der Waals surface area contributed by atoms with Crippen molar-refractivity contribution in [1.29, 1.82) is 0 Å². The topological polar surface area (TPSA) is 52.1 Å². The molecule has 0 fully saturated rings. The van der Waals surface area contributed by atoms with Crippen LogP contribution in [0.3, 0.4) is 0 Å². The first kappa shape index (κ1) is 35.7. The highest BCUT2D eigenvalue weighted by Gasteiger charge is 2.37. The third-order valence-corrected chi connectivity index (χ3v) is 13.3. The largest absolute Gasteiger partial charge is 0.456 e. The highest BCUT2D eigenvalue weighted by Crippen LogP contribution is 2.53. The SMILES string of the molecule is CC1(C)c2cc3ccccc3cc2-c2c(-c3ccc(-c4cc(-c5ccccc5-c5cccc6oc7cc8c(cc7c56)oc5ccccc58)nc(-c5ccccc5)n4)cc3)cccc21. The number of fused-ring (bicyclic) bond motifs is 10. The maximum absolute atomic E-state index is 6.58. The molecule has 12 aromatic rings. The van der Waals surface area contributed by atoms with Crippen LogP contribution in [0.5, 0.6) is 0 Å². The lowest BCUT2D eigenvalue weighted by Gasteiger charge is -2.22. The van der Waals surface area contributed by atoms with Crippen LogP contribution >= 0.6 is 0 Å². The Morgan fingerprint density at radius 1 is 0.365 bits per heavy atom. The van der Waals surface area contributed by atoms with E-state index in [1.807, 2.05) is 42.5 Å². The lowest BCUT2D eigenvalue weighted by Crippen LogP contribution is -2.14. The Morgan fingerprint density at radius 2 is 0.984 bits per heavy atom. The Labute approximate surface area is 363 Å². The van der Waals surface area contributed by atoms with Crippen molar-refractivity contribution in [3.8, 4) is 67.3 Å². The van der Waals surface area contributed by atoms with E-state index in [2.05, 4.69) is 166 Å². The van der Waals surface area contributed by atoms with E-state index in [0.29, 0.717) is 5.82 Å². The molecule has 3 heterocycles. The lowest BCUT2D eigenvalue weighted by atomic mass is 9.81. The number of hydrogen-bond acceptors (Lipinski definition) is 4. The predicted octanol–water partition coefficient (Wildman–Crippen LogP) is 16.1. The summed E-state index contributed by atoms with van der Waals surface area (Å²) in [6.45, 7) is 4.71. The third kappa shape index (κ3) is 5.48. The summed E-state index contributed by atoms with van der Waals surface area (Å²) >= 11 is 0. The zero-order valence-corrected chi connectivity index (χ0v) is 34.7. The Morgan fingerprint density at radius 3 is 1.84 bits per heavy atom. The van der Waals surface area contributed by atoms with Gasteiger partial charge in [-0.25, -0.2) is 9.97 Å². The van der Waals surface area contributed by atoms with E-state index < -0.39 is 0 Å². The predicted molar refractivity (Wildman–Crippen MR) is 259 cm³/mol. The minimum Gasteiger partial charge on any atom is -0.456 e. The molecule has 0 aliphatic heterocycles. The van der Waals surface area contributed by atoms with Gasteiger partial charge in [-0.05, 0) is 97.7 Å². The van der Waals surface area contributed by atoms with Crippen LogP contribution in [0.1, 0.15) is 25.0 Å². The van der Waals surface area contributed by atoms with E-state index in [0.717, 1.165) is 83.1 Å². The fraction of sp³-hybridized carbons (Fsp3) is 0.0508. The van der Waals surface area contributed by atoms with Gasteiger partial charge in [0.05, 0.1) is 11.4 Å². The van der Waals surface area contributed by atoms with Gasteiger partial charge in [0.1, 0.15) is 22.3 Å². The molecule has 0 saturated heterocycles. The summed E-state index contributed by atoms with van der Waals surface area (Å²) in [5.74, 6) is 0.674. The number of aromatic nitrogens is 2. The van der Waals surface area contributed by atoms with E-state index in [-0.39, 0.29) is 5.41 Å². The fourth-order valence-corrected chi connectivity index (χ4v) is 10.2. The maximum Gasteiger partial charge on any atom is 0.160 e. The Hall–Kier alpha value is -8.08. The molecule has 0 radical (unpaired) electrons. The molecule has 296 valence electrons. The van der Waals surface area contributed by atoms with Crippen LogP contribution in [0.4, 0.5) is 0 Å². The highest BCUT2D eigenvalue weighted by molar-refractivity contribution is 6.18. The van der Waals surface area contributed by atoms with Crippen molar-refractivity contribution in [2.45, 2.75) is 19.3 Å². The molecular weight excluding hydrogens is 769 g/mol. The molecule has 0 atom stereocenters. The molecule has 0 unspecified atom stereocenters. The minimum absolute atomic E-state index is 0.108. The summed E-state index contributed by atoms with van der Waals surface area (Å²) < 4.78 is 12.9. The van der Waals surface area contributed by atoms with Crippen molar-refractivity contribution in [3.63, 3.8) is 0 Å². The van der Waals surface area contributed by atoms with Crippen LogP contribution in [0.15, 0.2) is 203 Å². The van der Waals surface area contributed by atoms with Gasteiger partial charge in [0.2, 0.25) is 0 Å². The van der Waals surface area contributed by atoms with Gasteiger partial charge in [-0.3, -0.25) is 0 Å². The second-order valence-electron chi connectivity index (χ2n) is 17.3. The molecule has 9 aromatic carbocycles. The number of para-hydroxylation sites is 1. The second-order valence-corrected chi connectivity index (χ2v) is 17.3. The van der Waals surface area contributed by atoms with E-state index in [1.165, 1.54) is 44.2 Å². The van der Waals surface area contributed by atoms with Gasteiger partial charge in [0, 0.05) is 43.7 Å². The van der Waals surface area contributed by atoms with Gasteiger partial charge in [-0.2, -0.15) is 0 Å². The molecule has 4 nitrogen and oxygen atoms in total. The Balaban J connectivity index is 0.948. The summed E-state index contributed by atoms with van der Waals surface area (Å²) in [4.78, 5) is 10.5. The summed E-state index contributed by atoms with van der Waals surface area (Å²) in [5.41, 5.74) is 17.9. The molecule has 1 aliphatic carbocycles. The minimum atomic E-state index is -0.108. The smallest absolute Gasteiger partial charge is 0.160 e. The molecule has 0 bridgehead atoms. The first-order valence-electron chi connectivity index (χ1n) is 21.5. The average molecular weight is 807 g/mol. The van der Waals surface area contributed by atoms with Crippen molar-refractivity contribution in [3.05, 3.63) is 205 Å². The molecule has 4 heteroatoms. The molecular formula is C59H38N2O2. The molecule has 0 amide bonds. The van der Waals surface area contributed by atoms with Gasteiger partial charge < -0.3 is 8.83 Å². The van der Waals surface area contributed by atoms with Crippen molar-refractivity contribution >= 4 is 54.6 Å². The number of benzene rings is 9. The van der Waals surface area contributed by atoms with Crippen molar-refractivity contribution in [2.75, 3.05) is 0 Å². The van der Waals surface area contributed by atoms with Gasteiger partial charge in [0.15, 0.2) is 5.82 Å². The van der Waals surface area contributed by atoms with Gasteiger partial charge >= 0.3 is 0 Å². The van der Waals surface area contributed by atoms with Crippen LogP contribution in [0.2, 0.25) is 0 Å². The number of nitrogens with zero attached hydrogens (tertiary/aromatic N) is 2. The molecule has 0 saturated carbocycles. The summed E-state index contributed by atoms with van der Waals surface area (Å²) in [6.07, 6.45) is 0. The van der Waals surface area contributed by atoms with Crippen LogP contribution in [0, 0.1) is 0 Å². The first-order chi connectivity index (χ1) is 31.0. The van der Waals surface area contributed by atoms with Crippen LogP contribution < -0.4 is 0 Å². The van der Waals surface area contributed by atoms with Crippen molar-refractivity contribution in [1.82, 2.24) is 9.97 Å². The zero-order valence-electron chi connectivity index (χ0n) is 34.7. The van der Waals surface area contributed by atoms with Crippen LogP contribution in [-0.4, -0.2) is 9.97 Å². The van der Waals surface area contributed by atoms with E-state index in [1.54, 1.807) is 0 Å². The first-order valence-corrected chi connectivity index (χ1v) is 21.5. The average Bonchev–Trinajstić information content (AvgIpc) is 3.96. The number of hydrogen-bond donors (Lipinski definition) is 0. The molecule has 0 spiro atoms. The maximum atomic E-state index is 6.58. The number of rotatable bonds is 5. The summed E-state index contributed by atoms with van der Waals surface area (Å²) in [7, 11) is 0. The highest BCUT2D eigenvalue weighted by atomic mass is 16.3. The van der Waals surface area contributed by atoms with E-state index in [9.17, 15) is 0 Å². The third-order valence-electron chi connectivity index (χ3n) is 13.3. The Bertz CT molecular complexity index is 3820. The van der Waals surface area contributed by atoms with Crippen LogP contribution in [0.25, 0.3) is 122 Å². The number of furan rings is 2. The fourth-order valence-electron chi connectivity index (χ4n) is 10.2. The molecule has 13 rings (SSSR count). The van der Waals surface area contributed by atoms with Gasteiger partial charge in [-0.15, -0.1) is 0 Å². The lowest BCUT2D eigenvalue weighted by molar-refractivity contribution is 0.661. The normalized spacial score (nSPS) is 13.0. The van der Waals surface area contributed by atoms with E-state index in [4.69, 9.17) is 18.8 Å². The molecule has 3 aromatic heterocycles. The second kappa shape index (κ2) is 13.5. The summed E-state index contributed by atoms with van der Waals surface area (Å²) in [5, 5.41) is 6.73.